The molecule has 11 heteroatoms. The Bertz CT molecular complexity index is 914. The van der Waals surface area contributed by atoms with Crippen LogP contribution in [-0.4, -0.2) is 16.8 Å². The minimum atomic E-state index is -4.69. The van der Waals surface area contributed by atoms with E-state index in [4.69, 9.17) is 5.14 Å². The smallest absolute Gasteiger partial charge is 0.224 e. The van der Waals surface area contributed by atoms with E-state index in [1.54, 1.807) is 0 Å². The number of alkyl halides is 3. The van der Waals surface area contributed by atoms with Crippen LogP contribution >= 0.6 is 11.3 Å². The first kappa shape index (κ1) is 16.9. The van der Waals surface area contributed by atoms with Gasteiger partial charge in [-0.1, -0.05) is 6.07 Å². The van der Waals surface area contributed by atoms with Gasteiger partial charge in [-0.05, 0) is 30.3 Å². The number of sulfone groups is 1. The van der Waals surface area contributed by atoms with Crippen molar-refractivity contribution in [3.05, 3.63) is 42.0 Å². The van der Waals surface area contributed by atoms with Crippen LogP contribution in [0, 0.1) is 0 Å². The predicted octanol–water partition coefficient (Wildman–Crippen LogP) is 2.25. The molecule has 0 atom stereocenters. The van der Waals surface area contributed by atoms with Gasteiger partial charge in [0.05, 0.1) is 10.5 Å². The van der Waals surface area contributed by atoms with Crippen LogP contribution in [0.1, 0.15) is 5.56 Å². The van der Waals surface area contributed by atoms with Crippen molar-refractivity contribution in [2.45, 2.75) is 19.5 Å². The minimum Gasteiger partial charge on any atom is -0.224 e. The fourth-order valence-corrected chi connectivity index (χ4v) is 5.19. The third-order valence-corrected chi connectivity index (χ3v) is 7.34. The number of rotatable bonds is 3. The van der Waals surface area contributed by atoms with Crippen LogP contribution in [0.25, 0.3) is 0 Å². The number of thiophene rings is 1. The van der Waals surface area contributed by atoms with Crippen molar-refractivity contribution in [3.63, 3.8) is 0 Å². The monoisotopic (exact) mass is 371 g/mol. The maximum Gasteiger partial charge on any atom is 0.416 e. The average Bonchev–Trinajstić information content (AvgIpc) is 2.88. The molecular weight excluding hydrogens is 363 g/mol. The number of sulfonamides is 1. The van der Waals surface area contributed by atoms with Crippen molar-refractivity contribution >= 4 is 31.2 Å². The van der Waals surface area contributed by atoms with Gasteiger partial charge in [0, 0.05) is 0 Å². The molecule has 1 aromatic carbocycles. The van der Waals surface area contributed by atoms with Crippen molar-refractivity contribution in [1.29, 1.82) is 0 Å². The fourth-order valence-electron chi connectivity index (χ4n) is 1.56. The summed E-state index contributed by atoms with van der Waals surface area (Å²) in [5.41, 5.74) is -1.11. The Morgan fingerprint density at radius 1 is 0.955 bits per heavy atom. The number of primary sulfonamides is 1. The molecule has 1 heterocycles. The minimum absolute atomic E-state index is 0.373. The Balaban J connectivity index is 2.54. The molecule has 0 radical (unpaired) electrons. The number of hydrogen-bond donors (Lipinski definition) is 1. The molecule has 0 saturated heterocycles. The molecule has 22 heavy (non-hydrogen) atoms. The lowest BCUT2D eigenvalue weighted by Gasteiger charge is -2.08. The molecule has 1 aromatic heterocycles. The molecule has 0 spiro atoms. The van der Waals surface area contributed by atoms with Gasteiger partial charge in [-0.15, -0.1) is 11.3 Å². The largest absolute Gasteiger partial charge is 0.416 e. The third-order valence-electron chi connectivity index (χ3n) is 2.57. The SMILES string of the molecule is NS(=O)(=O)c1ccc(S(=O)(=O)c2cccc(C(F)(F)F)c2)s1. The van der Waals surface area contributed by atoms with Gasteiger partial charge in [-0.2, -0.15) is 13.2 Å². The zero-order chi connectivity index (χ0) is 16.8. The van der Waals surface area contributed by atoms with Crippen molar-refractivity contribution in [2.24, 2.45) is 5.14 Å². The highest BCUT2D eigenvalue weighted by molar-refractivity contribution is 7.95. The van der Waals surface area contributed by atoms with E-state index in [1.807, 2.05) is 0 Å². The van der Waals surface area contributed by atoms with Gasteiger partial charge in [-0.25, -0.2) is 22.0 Å². The second-order valence-corrected chi connectivity index (χ2v) is 9.20. The van der Waals surface area contributed by atoms with Crippen LogP contribution in [0.4, 0.5) is 13.2 Å². The zero-order valence-electron chi connectivity index (χ0n) is 10.5. The van der Waals surface area contributed by atoms with Crippen LogP contribution < -0.4 is 5.14 Å². The summed E-state index contributed by atoms with van der Waals surface area (Å²) in [6.07, 6.45) is -4.69. The summed E-state index contributed by atoms with van der Waals surface area (Å²) in [6, 6.07) is 5.17. The second-order valence-electron chi connectivity index (χ2n) is 4.15. The van der Waals surface area contributed by atoms with Crippen LogP contribution in [0.2, 0.25) is 0 Å². The standard InChI is InChI=1S/C11H8F3NO4S3/c12-11(13,14)7-2-1-3-8(6-7)21(16,17)9-4-5-10(20-9)22(15,18)19/h1-6H,(H2,15,18,19). The Kier molecular flexibility index (Phi) is 4.11. The molecule has 0 bridgehead atoms. The lowest BCUT2D eigenvalue weighted by molar-refractivity contribution is -0.137. The summed E-state index contributed by atoms with van der Waals surface area (Å²) in [4.78, 5) is -0.579. The fraction of sp³-hybridized carbons (Fsp3) is 0.0909. The van der Waals surface area contributed by atoms with Crippen molar-refractivity contribution in [3.8, 4) is 0 Å². The van der Waals surface area contributed by atoms with Gasteiger partial charge in [-0.3, -0.25) is 0 Å². The maximum atomic E-state index is 12.6. The molecule has 0 amide bonds. The number of benzene rings is 1. The van der Waals surface area contributed by atoms with Crippen LogP contribution in [0.5, 0.6) is 0 Å². The summed E-state index contributed by atoms with van der Waals surface area (Å²) >= 11 is 0.373. The van der Waals surface area contributed by atoms with Gasteiger partial charge in [0.25, 0.3) is 0 Å². The van der Waals surface area contributed by atoms with E-state index in [0.717, 1.165) is 30.3 Å². The first-order valence-electron chi connectivity index (χ1n) is 5.47. The van der Waals surface area contributed by atoms with Crippen LogP contribution in [-0.2, 0) is 26.0 Å². The highest BCUT2D eigenvalue weighted by Gasteiger charge is 2.32. The molecule has 2 N–H and O–H groups in total. The molecule has 120 valence electrons. The Labute approximate surface area is 128 Å². The molecule has 0 saturated carbocycles. The van der Waals surface area contributed by atoms with Gasteiger partial charge < -0.3 is 0 Å². The Morgan fingerprint density at radius 3 is 2.05 bits per heavy atom. The van der Waals surface area contributed by atoms with E-state index >= 15 is 0 Å². The summed E-state index contributed by atoms with van der Waals surface area (Å²) in [7, 11) is -8.34. The van der Waals surface area contributed by atoms with Gasteiger partial charge in [0.2, 0.25) is 19.9 Å². The van der Waals surface area contributed by atoms with Crippen molar-refractivity contribution in [1.82, 2.24) is 0 Å². The second kappa shape index (κ2) is 5.33. The normalized spacial score (nSPS) is 13.3. The molecule has 0 aliphatic heterocycles. The number of halogens is 3. The molecule has 0 aliphatic carbocycles. The lowest BCUT2D eigenvalue weighted by Crippen LogP contribution is -2.10. The highest BCUT2D eigenvalue weighted by atomic mass is 32.3. The topological polar surface area (TPSA) is 94.3 Å². The Morgan fingerprint density at radius 2 is 1.55 bits per heavy atom. The summed E-state index contributed by atoms with van der Waals surface area (Å²) in [6.45, 7) is 0. The predicted molar refractivity (Wildman–Crippen MR) is 72.6 cm³/mol. The van der Waals surface area contributed by atoms with E-state index in [9.17, 15) is 30.0 Å². The van der Waals surface area contributed by atoms with E-state index in [-0.39, 0.29) is 0 Å². The van der Waals surface area contributed by atoms with Crippen molar-refractivity contribution < 1.29 is 30.0 Å². The van der Waals surface area contributed by atoms with Crippen molar-refractivity contribution in [2.75, 3.05) is 0 Å². The van der Waals surface area contributed by atoms with Gasteiger partial charge in [0.1, 0.15) is 8.42 Å². The first-order valence-corrected chi connectivity index (χ1v) is 9.32. The first-order chi connectivity index (χ1) is 9.92. The van der Waals surface area contributed by atoms with Crippen LogP contribution in [0.3, 0.4) is 0 Å². The molecule has 0 fully saturated rings. The summed E-state index contributed by atoms with van der Waals surface area (Å²) in [5.74, 6) is 0. The number of hydrogen-bond acceptors (Lipinski definition) is 5. The highest BCUT2D eigenvalue weighted by Crippen LogP contribution is 2.34. The van der Waals surface area contributed by atoms with Gasteiger partial charge in [0.15, 0.2) is 0 Å². The lowest BCUT2D eigenvalue weighted by atomic mass is 10.2. The molecule has 5 nitrogen and oxygen atoms in total. The quantitative estimate of drug-likeness (QED) is 0.895. The van der Waals surface area contributed by atoms with Crippen LogP contribution in [0.15, 0.2) is 49.7 Å². The van der Waals surface area contributed by atoms with E-state index < -0.39 is 44.9 Å². The third kappa shape index (κ3) is 3.32. The summed E-state index contributed by atoms with van der Waals surface area (Å²) in [5, 5.41) is 4.87. The number of nitrogens with two attached hydrogens (primary N) is 1. The van der Waals surface area contributed by atoms with E-state index in [0.29, 0.717) is 17.4 Å². The summed E-state index contributed by atoms with van der Waals surface area (Å²) < 4.78 is 83.9. The van der Waals surface area contributed by atoms with Gasteiger partial charge >= 0.3 is 6.18 Å². The van der Waals surface area contributed by atoms with E-state index in [2.05, 4.69) is 0 Å². The molecular formula is C11H8F3NO4S3. The zero-order valence-corrected chi connectivity index (χ0v) is 13.0. The Hall–Kier alpha value is -1.43. The average molecular weight is 371 g/mol. The molecule has 0 aliphatic rings. The molecule has 0 unspecified atom stereocenters. The molecule has 2 rings (SSSR count). The van der Waals surface area contributed by atoms with E-state index in [1.165, 1.54) is 0 Å². The maximum absolute atomic E-state index is 12.6. The molecule has 2 aromatic rings.